The number of halogens is 3. The van der Waals surface area contributed by atoms with Crippen molar-refractivity contribution in [3.05, 3.63) is 63.9 Å². The summed E-state index contributed by atoms with van der Waals surface area (Å²) in [6.07, 6.45) is 0. The van der Waals surface area contributed by atoms with E-state index in [2.05, 4.69) is 31.9 Å². The molecule has 0 aliphatic heterocycles. The second-order valence-corrected chi connectivity index (χ2v) is 5.22. The fourth-order valence-corrected chi connectivity index (χ4v) is 2.33. The number of rotatable bonds is 4. The van der Waals surface area contributed by atoms with Gasteiger partial charge in [0, 0.05) is 15.4 Å². The molecule has 4 heteroatoms. The number of benzene rings is 2. The van der Waals surface area contributed by atoms with Gasteiger partial charge in [-0.2, -0.15) is 0 Å². The first-order valence-electron chi connectivity index (χ1n) is 5.40. The molecule has 0 fully saturated rings. The topological polar surface area (TPSA) is 9.23 Å². The van der Waals surface area contributed by atoms with Gasteiger partial charge in [0.25, 0.3) is 0 Å². The lowest BCUT2D eigenvalue weighted by molar-refractivity contribution is 0.305. The summed E-state index contributed by atoms with van der Waals surface area (Å²) in [6.45, 7) is 0.409. The van der Waals surface area contributed by atoms with Crippen molar-refractivity contribution in [3.63, 3.8) is 0 Å². The lowest BCUT2D eigenvalue weighted by atomic mass is 10.2. The molecule has 0 saturated heterocycles. The van der Waals surface area contributed by atoms with Gasteiger partial charge in [-0.1, -0.05) is 50.1 Å². The summed E-state index contributed by atoms with van der Waals surface area (Å²) >= 11 is 6.72. The van der Waals surface area contributed by atoms with Crippen LogP contribution in [0, 0.1) is 5.82 Å². The normalized spacial score (nSPS) is 10.4. The van der Waals surface area contributed by atoms with Gasteiger partial charge in [0.1, 0.15) is 18.2 Å². The molecule has 2 aromatic carbocycles. The summed E-state index contributed by atoms with van der Waals surface area (Å²) in [5.74, 6) is 0.551. The van der Waals surface area contributed by atoms with Crippen LogP contribution in [0.3, 0.4) is 0 Å². The summed E-state index contributed by atoms with van der Waals surface area (Å²) in [4.78, 5) is 0. The van der Waals surface area contributed by atoms with E-state index >= 15 is 0 Å². The van der Waals surface area contributed by atoms with Crippen molar-refractivity contribution in [2.75, 3.05) is 0 Å². The van der Waals surface area contributed by atoms with E-state index in [0.717, 1.165) is 26.7 Å². The van der Waals surface area contributed by atoms with Crippen molar-refractivity contribution in [1.29, 1.82) is 0 Å². The molecule has 1 nitrogen and oxygen atoms in total. The highest BCUT2D eigenvalue weighted by Crippen LogP contribution is 2.21. The molecule has 0 unspecified atom stereocenters. The van der Waals surface area contributed by atoms with Gasteiger partial charge in [-0.15, -0.1) is 0 Å². The van der Waals surface area contributed by atoms with E-state index in [9.17, 15) is 4.39 Å². The van der Waals surface area contributed by atoms with E-state index < -0.39 is 0 Å². The predicted octanol–water partition coefficient (Wildman–Crippen LogP) is 5.06. The zero-order valence-corrected chi connectivity index (χ0v) is 12.7. The van der Waals surface area contributed by atoms with Crippen molar-refractivity contribution in [2.24, 2.45) is 0 Å². The Kier molecular flexibility index (Phi) is 4.78. The monoisotopic (exact) mass is 372 g/mol. The second kappa shape index (κ2) is 6.34. The van der Waals surface area contributed by atoms with Crippen LogP contribution in [0.15, 0.2) is 46.9 Å². The van der Waals surface area contributed by atoms with Crippen molar-refractivity contribution in [2.45, 2.75) is 11.9 Å². The third-order valence-electron chi connectivity index (χ3n) is 2.46. The van der Waals surface area contributed by atoms with Gasteiger partial charge in [0.2, 0.25) is 0 Å². The maximum absolute atomic E-state index is 12.9. The van der Waals surface area contributed by atoms with Crippen molar-refractivity contribution >= 4 is 31.9 Å². The minimum atomic E-state index is -0.257. The summed E-state index contributed by atoms with van der Waals surface area (Å²) < 4.78 is 19.3. The Morgan fingerprint density at radius 3 is 2.67 bits per heavy atom. The first-order valence-corrected chi connectivity index (χ1v) is 7.32. The Morgan fingerprint density at radius 1 is 1.11 bits per heavy atom. The van der Waals surface area contributed by atoms with Gasteiger partial charge >= 0.3 is 0 Å². The van der Waals surface area contributed by atoms with Gasteiger partial charge in [0.05, 0.1) is 0 Å². The highest BCUT2D eigenvalue weighted by molar-refractivity contribution is 9.10. The fourth-order valence-electron chi connectivity index (χ4n) is 1.52. The Balaban J connectivity index is 2.06. The minimum absolute atomic E-state index is 0.257. The van der Waals surface area contributed by atoms with Crippen LogP contribution in [0.4, 0.5) is 4.39 Å². The third kappa shape index (κ3) is 3.56. The molecular weight excluding hydrogens is 363 g/mol. The zero-order valence-electron chi connectivity index (χ0n) is 9.50. The lowest BCUT2D eigenvalue weighted by Crippen LogP contribution is -1.97. The molecule has 0 heterocycles. The standard InChI is InChI=1S/C14H11Br2FO/c15-8-10-2-1-3-13(6-10)18-9-11-4-5-12(17)7-14(11)16/h1-7H,8-9H2. The lowest BCUT2D eigenvalue weighted by Gasteiger charge is -2.09. The third-order valence-corrected chi connectivity index (χ3v) is 3.85. The summed E-state index contributed by atoms with van der Waals surface area (Å²) in [6, 6.07) is 12.4. The van der Waals surface area contributed by atoms with Gasteiger partial charge in [0.15, 0.2) is 0 Å². The Morgan fingerprint density at radius 2 is 1.94 bits per heavy atom. The molecule has 2 aromatic rings. The Labute approximate surface area is 122 Å². The molecule has 0 aromatic heterocycles. The predicted molar refractivity (Wildman–Crippen MR) is 77.5 cm³/mol. The summed E-state index contributed by atoms with van der Waals surface area (Å²) in [5, 5.41) is 0.796. The molecule has 0 atom stereocenters. The van der Waals surface area contributed by atoms with Gasteiger partial charge in [-0.25, -0.2) is 4.39 Å². The molecule has 0 aliphatic rings. The maximum atomic E-state index is 12.9. The average molecular weight is 374 g/mol. The van der Waals surface area contributed by atoms with Crippen molar-refractivity contribution in [1.82, 2.24) is 0 Å². The Hall–Kier alpha value is -0.870. The number of hydrogen-bond acceptors (Lipinski definition) is 1. The second-order valence-electron chi connectivity index (χ2n) is 3.81. The van der Waals surface area contributed by atoms with E-state index in [0.29, 0.717) is 6.61 Å². The van der Waals surface area contributed by atoms with Crippen LogP contribution in [0.25, 0.3) is 0 Å². The van der Waals surface area contributed by atoms with E-state index in [-0.39, 0.29) is 5.82 Å². The van der Waals surface area contributed by atoms with Gasteiger partial charge < -0.3 is 4.74 Å². The molecular formula is C14H11Br2FO. The minimum Gasteiger partial charge on any atom is -0.489 e. The number of hydrogen-bond donors (Lipinski definition) is 0. The van der Waals surface area contributed by atoms with E-state index in [4.69, 9.17) is 4.74 Å². The van der Waals surface area contributed by atoms with Crippen LogP contribution in [-0.2, 0) is 11.9 Å². The quantitative estimate of drug-likeness (QED) is 0.680. The van der Waals surface area contributed by atoms with Gasteiger partial charge in [-0.05, 0) is 29.8 Å². The van der Waals surface area contributed by atoms with Crippen LogP contribution in [0.5, 0.6) is 5.75 Å². The Bertz CT molecular complexity index is 543. The SMILES string of the molecule is Fc1ccc(COc2cccc(CBr)c2)c(Br)c1. The highest BCUT2D eigenvalue weighted by Gasteiger charge is 2.03. The molecule has 0 radical (unpaired) electrons. The first-order chi connectivity index (χ1) is 8.69. The number of ether oxygens (including phenoxy) is 1. The summed E-state index contributed by atoms with van der Waals surface area (Å²) in [7, 11) is 0. The molecule has 0 amide bonds. The average Bonchev–Trinajstić information content (AvgIpc) is 2.38. The molecule has 0 spiro atoms. The molecule has 0 bridgehead atoms. The number of alkyl halides is 1. The van der Waals surface area contributed by atoms with E-state index in [1.807, 2.05) is 24.3 Å². The van der Waals surface area contributed by atoms with E-state index in [1.165, 1.54) is 12.1 Å². The molecule has 0 saturated carbocycles. The molecule has 18 heavy (non-hydrogen) atoms. The van der Waals surface area contributed by atoms with Crippen LogP contribution in [0.1, 0.15) is 11.1 Å². The largest absolute Gasteiger partial charge is 0.489 e. The molecule has 0 aliphatic carbocycles. The van der Waals surface area contributed by atoms with Crippen LogP contribution in [-0.4, -0.2) is 0 Å². The zero-order chi connectivity index (χ0) is 13.0. The maximum Gasteiger partial charge on any atom is 0.124 e. The van der Waals surface area contributed by atoms with Crippen LogP contribution in [0.2, 0.25) is 0 Å². The first kappa shape index (κ1) is 13.6. The highest BCUT2D eigenvalue weighted by atomic mass is 79.9. The fraction of sp³-hybridized carbons (Fsp3) is 0.143. The van der Waals surface area contributed by atoms with Crippen molar-refractivity contribution < 1.29 is 9.13 Å². The van der Waals surface area contributed by atoms with Crippen LogP contribution < -0.4 is 4.74 Å². The molecule has 0 N–H and O–H groups in total. The molecule has 94 valence electrons. The van der Waals surface area contributed by atoms with Crippen molar-refractivity contribution in [3.8, 4) is 5.75 Å². The van der Waals surface area contributed by atoms with Crippen LogP contribution >= 0.6 is 31.9 Å². The van der Waals surface area contributed by atoms with Gasteiger partial charge in [-0.3, -0.25) is 0 Å². The molecule has 2 rings (SSSR count). The smallest absolute Gasteiger partial charge is 0.124 e. The van der Waals surface area contributed by atoms with E-state index in [1.54, 1.807) is 6.07 Å². The summed E-state index contributed by atoms with van der Waals surface area (Å²) in [5.41, 5.74) is 2.08.